The Morgan fingerprint density at radius 3 is 2.58 bits per heavy atom. The second-order valence-electron chi connectivity index (χ2n) is 10.4. The van der Waals surface area contributed by atoms with E-state index in [2.05, 4.69) is 0 Å². The van der Waals surface area contributed by atoms with Crippen molar-refractivity contribution >= 4 is 17.5 Å². The maximum atomic E-state index is 15.3. The predicted octanol–water partition coefficient (Wildman–Crippen LogP) is 1.27. The number of aliphatic hydroxyl groups excluding tert-OH is 2. The van der Waals surface area contributed by atoms with Crippen molar-refractivity contribution in [3.63, 3.8) is 0 Å². The maximum Gasteiger partial charge on any atom is 0.303 e. The monoisotopic (exact) mass is 438 g/mol. The van der Waals surface area contributed by atoms with Crippen LogP contribution < -0.4 is 0 Å². The molecule has 4 aliphatic carbocycles. The van der Waals surface area contributed by atoms with Gasteiger partial charge in [0.2, 0.25) is 5.78 Å². The molecular formula is C23H31FO7. The van der Waals surface area contributed by atoms with E-state index in [1.165, 1.54) is 6.08 Å². The second-order valence-corrected chi connectivity index (χ2v) is 10.4. The molecule has 0 saturated heterocycles. The molecule has 3 saturated carbocycles. The van der Waals surface area contributed by atoms with Crippen LogP contribution in [0.25, 0.3) is 0 Å². The first kappa shape index (κ1) is 22.6. The minimum Gasteiger partial charge on any atom is -0.458 e. The normalized spacial score (nSPS) is 48.9. The summed E-state index contributed by atoms with van der Waals surface area (Å²) in [6, 6.07) is 0. The largest absolute Gasteiger partial charge is 0.458 e. The number of fused-ring (bicyclic) bond motifs is 5. The minimum absolute atomic E-state index is 0.0476. The third-order valence-electron chi connectivity index (χ3n) is 8.92. The van der Waals surface area contributed by atoms with Crippen LogP contribution in [0.5, 0.6) is 0 Å². The average Bonchev–Trinajstić information content (AvgIpc) is 2.88. The molecule has 0 aromatic carbocycles. The van der Waals surface area contributed by atoms with E-state index in [9.17, 15) is 29.7 Å². The fraction of sp³-hybridized carbons (Fsp3) is 0.783. The molecule has 8 heteroatoms. The van der Waals surface area contributed by atoms with Gasteiger partial charge in [0.05, 0.1) is 12.2 Å². The van der Waals surface area contributed by atoms with Gasteiger partial charge in [0.15, 0.2) is 18.0 Å². The van der Waals surface area contributed by atoms with Gasteiger partial charge in [0, 0.05) is 18.8 Å². The number of ketones is 2. The number of hydrogen-bond acceptors (Lipinski definition) is 7. The first-order valence-corrected chi connectivity index (χ1v) is 11.0. The van der Waals surface area contributed by atoms with Gasteiger partial charge in [-0.25, -0.2) is 4.39 Å². The number of Topliss-reactive ketones (excluding diaryl/α,β-unsaturated/α-hetero) is 1. The average molecular weight is 438 g/mol. The Bertz CT molecular complexity index is 855. The van der Waals surface area contributed by atoms with Gasteiger partial charge in [0.25, 0.3) is 0 Å². The van der Waals surface area contributed by atoms with Crippen LogP contribution in [0.1, 0.15) is 52.9 Å². The molecule has 0 aromatic heterocycles. The standard InChI is InChI=1S/C23H31FO7/c1-11(25)31-10-19(29)23(30)18(28)8-14-13-7-16(24)15-6-12(26)4-5-21(15,2)20(13)17(27)9-22(14,23)3/h6,13-14,16-18,20,27-28,30H,4-5,7-10H2,1-3H3/t13?,14-,16-,17?,18+,20+,21?,22?,23-/m0/s1. The SMILES string of the molecule is CC(=O)OCC(=O)[C@@]1(O)[C@H](O)C[C@H]2C3C[C@H](F)C4=CC(=O)CCC4(C)[C@H]3C(O)CC21C. The molecule has 4 aliphatic rings. The molecule has 0 heterocycles. The molecule has 0 amide bonds. The number of carbonyl (C=O) groups is 3. The fourth-order valence-corrected chi connectivity index (χ4v) is 7.49. The number of ether oxygens (including phenoxy) is 1. The number of esters is 1. The number of carbonyl (C=O) groups excluding carboxylic acids is 3. The van der Waals surface area contributed by atoms with E-state index in [4.69, 9.17) is 4.74 Å². The summed E-state index contributed by atoms with van der Waals surface area (Å²) in [5, 5.41) is 33.5. The van der Waals surface area contributed by atoms with Crippen molar-refractivity contribution in [1.29, 1.82) is 0 Å². The van der Waals surface area contributed by atoms with Gasteiger partial charge in [-0.1, -0.05) is 13.8 Å². The number of allylic oxidation sites excluding steroid dienone is 1. The maximum absolute atomic E-state index is 15.3. The van der Waals surface area contributed by atoms with Crippen LogP contribution in [0.2, 0.25) is 0 Å². The lowest BCUT2D eigenvalue weighted by molar-refractivity contribution is -0.196. The Morgan fingerprint density at radius 1 is 1.26 bits per heavy atom. The quantitative estimate of drug-likeness (QED) is 0.568. The fourth-order valence-electron chi connectivity index (χ4n) is 7.49. The Balaban J connectivity index is 1.73. The number of hydrogen-bond donors (Lipinski definition) is 3. The summed E-state index contributed by atoms with van der Waals surface area (Å²) in [5.41, 5.74) is -3.66. The summed E-state index contributed by atoms with van der Waals surface area (Å²) < 4.78 is 20.1. The van der Waals surface area contributed by atoms with E-state index in [-0.39, 0.29) is 43.3 Å². The van der Waals surface area contributed by atoms with Crippen LogP contribution in [0, 0.1) is 28.6 Å². The minimum atomic E-state index is -2.20. The Morgan fingerprint density at radius 2 is 1.94 bits per heavy atom. The van der Waals surface area contributed by atoms with Crippen LogP contribution in [0.3, 0.4) is 0 Å². The summed E-state index contributed by atoms with van der Waals surface area (Å²) >= 11 is 0. The van der Waals surface area contributed by atoms with Crippen molar-refractivity contribution in [2.45, 2.75) is 76.9 Å². The van der Waals surface area contributed by atoms with E-state index in [1.54, 1.807) is 6.92 Å². The first-order chi connectivity index (χ1) is 14.4. The van der Waals surface area contributed by atoms with E-state index in [0.717, 1.165) is 6.92 Å². The van der Waals surface area contributed by atoms with Crippen LogP contribution in [-0.4, -0.2) is 63.4 Å². The number of halogens is 1. The lowest BCUT2D eigenvalue weighted by Crippen LogP contribution is -2.64. The molecule has 0 radical (unpaired) electrons. The van der Waals surface area contributed by atoms with E-state index >= 15 is 4.39 Å². The predicted molar refractivity (Wildman–Crippen MR) is 106 cm³/mol. The molecule has 172 valence electrons. The zero-order chi connectivity index (χ0) is 22.9. The van der Waals surface area contributed by atoms with Gasteiger partial charge in [-0.15, -0.1) is 0 Å². The second kappa shape index (κ2) is 7.18. The zero-order valence-corrected chi connectivity index (χ0v) is 18.1. The van der Waals surface area contributed by atoms with Crippen molar-refractivity contribution in [3.05, 3.63) is 11.6 Å². The summed E-state index contributed by atoms with van der Waals surface area (Å²) in [6.45, 7) is 4.02. The third-order valence-corrected chi connectivity index (χ3v) is 8.92. The lowest BCUT2D eigenvalue weighted by atomic mass is 9.45. The highest BCUT2D eigenvalue weighted by Crippen LogP contribution is 2.67. The van der Waals surface area contributed by atoms with E-state index in [1.807, 2.05) is 6.92 Å². The van der Waals surface area contributed by atoms with Crippen LogP contribution in [0.15, 0.2) is 11.6 Å². The Kier molecular flexibility index (Phi) is 5.23. The van der Waals surface area contributed by atoms with Crippen LogP contribution in [0.4, 0.5) is 4.39 Å². The Labute approximate surface area is 180 Å². The van der Waals surface area contributed by atoms with Crippen molar-refractivity contribution in [1.82, 2.24) is 0 Å². The lowest BCUT2D eigenvalue weighted by Gasteiger charge is -2.60. The van der Waals surface area contributed by atoms with Crippen LogP contribution >= 0.6 is 0 Å². The van der Waals surface area contributed by atoms with Crippen molar-refractivity contribution < 1.29 is 38.8 Å². The van der Waals surface area contributed by atoms with Crippen molar-refractivity contribution in [3.8, 4) is 0 Å². The number of rotatable bonds is 3. The molecule has 0 aromatic rings. The summed E-state index contributed by atoms with van der Waals surface area (Å²) in [5.74, 6) is -2.71. The van der Waals surface area contributed by atoms with E-state index in [0.29, 0.717) is 12.0 Å². The highest BCUT2D eigenvalue weighted by molar-refractivity contribution is 5.92. The van der Waals surface area contributed by atoms with Crippen molar-refractivity contribution in [2.75, 3.05) is 6.61 Å². The van der Waals surface area contributed by atoms with Crippen LogP contribution in [-0.2, 0) is 19.1 Å². The van der Waals surface area contributed by atoms with Gasteiger partial charge < -0.3 is 20.1 Å². The summed E-state index contributed by atoms with van der Waals surface area (Å²) in [6.07, 6.45) is -1.38. The topological polar surface area (TPSA) is 121 Å². The summed E-state index contributed by atoms with van der Waals surface area (Å²) in [4.78, 5) is 36.0. The molecule has 3 fully saturated rings. The molecule has 0 aliphatic heterocycles. The highest BCUT2D eigenvalue weighted by atomic mass is 19.1. The molecule has 31 heavy (non-hydrogen) atoms. The van der Waals surface area contributed by atoms with Gasteiger partial charge in [0.1, 0.15) is 6.17 Å². The molecule has 0 spiro atoms. The number of aliphatic hydroxyl groups is 3. The molecule has 4 unspecified atom stereocenters. The molecule has 9 atom stereocenters. The first-order valence-electron chi connectivity index (χ1n) is 11.0. The Hall–Kier alpha value is -1.64. The van der Waals surface area contributed by atoms with Gasteiger partial charge in [-0.2, -0.15) is 0 Å². The van der Waals surface area contributed by atoms with Gasteiger partial charge in [-0.05, 0) is 60.5 Å². The third kappa shape index (κ3) is 2.98. The summed E-state index contributed by atoms with van der Waals surface area (Å²) in [7, 11) is 0. The molecule has 7 nitrogen and oxygen atoms in total. The zero-order valence-electron chi connectivity index (χ0n) is 18.1. The molecule has 0 bridgehead atoms. The number of alkyl halides is 1. The molecule has 4 rings (SSSR count). The molecular weight excluding hydrogens is 407 g/mol. The van der Waals surface area contributed by atoms with E-state index < -0.39 is 59.1 Å². The highest BCUT2D eigenvalue weighted by Gasteiger charge is 2.72. The van der Waals surface area contributed by atoms with Crippen molar-refractivity contribution in [2.24, 2.45) is 28.6 Å². The van der Waals surface area contributed by atoms with Gasteiger partial charge >= 0.3 is 5.97 Å². The van der Waals surface area contributed by atoms with Gasteiger partial charge in [-0.3, -0.25) is 14.4 Å². The molecule has 3 N–H and O–H groups in total. The smallest absolute Gasteiger partial charge is 0.303 e.